The van der Waals surface area contributed by atoms with Crippen LogP contribution in [-0.2, 0) is 4.79 Å². The van der Waals surface area contributed by atoms with Gasteiger partial charge < -0.3 is 26.1 Å². The number of rotatable bonds is 5. The number of carbonyl (C=O) groups excluding carboxylic acids is 3. The molecule has 1 aliphatic rings. The lowest BCUT2D eigenvalue weighted by Gasteiger charge is -2.32. The van der Waals surface area contributed by atoms with Crippen molar-refractivity contribution in [3.8, 4) is 5.75 Å². The zero-order valence-electron chi connectivity index (χ0n) is 13.1. The molecule has 0 aromatic heterocycles. The van der Waals surface area contributed by atoms with Crippen LogP contribution >= 0.6 is 0 Å². The van der Waals surface area contributed by atoms with E-state index in [0.29, 0.717) is 12.0 Å². The number of Topliss-reactive ketones (excluding diaryl/α,β-unsaturated/α-hetero) is 2. The fourth-order valence-electron chi connectivity index (χ4n) is 2.55. The monoisotopic (exact) mass is 320 g/mol. The van der Waals surface area contributed by atoms with Crippen LogP contribution in [0.25, 0.3) is 0 Å². The van der Waals surface area contributed by atoms with Gasteiger partial charge in [-0.2, -0.15) is 0 Å². The number of fused-ring (bicyclic) bond motifs is 1. The van der Waals surface area contributed by atoms with Gasteiger partial charge in [0.25, 0.3) is 0 Å². The van der Waals surface area contributed by atoms with E-state index in [2.05, 4.69) is 0 Å². The molecule has 0 saturated carbocycles. The third-order valence-electron chi connectivity index (χ3n) is 3.78. The molecule has 0 amide bonds. The summed E-state index contributed by atoms with van der Waals surface area (Å²) in [7, 11) is 0. The van der Waals surface area contributed by atoms with Crippen molar-refractivity contribution in [3.05, 3.63) is 23.3 Å². The topological polar surface area (TPSA) is 133 Å². The van der Waals surface area contributed by atoms with E-state index < -0.39 is 30.0 Å². The molecule has 1 unspecified atom stereocenters. The quantitative estimate of drug-likeness (QED) is 0.408. The maximum Gasteiger partial charge on any atom is 0.172 e. The van der Waals surface area contributed by atoms with E-state index in [1.165, 1.54) is 12.1 Å². The smallest absolute Gasteiger partial charge is 0.172 e. The molecule has 5 N–H and O–H groups in total. The summed E-state index contributed by atoms with van der Waals surface area (Å²) in [5, 5.41) is 9.13. The largest absolute Gasteiger partial charge is 0.487 e. The zero-order valence-corrected chi connectivity index (χ0v) is 13.1. The van der Waals surface area contributed by atoms with E-state index in [0.717, 1.165) is 0 Å². The Bertz CT molecular complexity index is 683. The lowest BCUT2D eigenvalue weighted by atomic mass is 9.88. The van der Waals surface area contributed by atoms with E-state index in [1.807, 2.05) is 0 Å². The predicted molar refractivity (Wildman–Crippen MR) is 83.5 cm³/mol. The molecule has 0 spiro atoms. The molecule has 0 radical (unpaired) electrons. The SMILES string of the molecule is CC1(C)CC(=O)c2c(ccc(C(=O)CC(N)(C=O)CO)c2N)O1. The number of ketones is 2. The van der Waals surface area contributed by atoms with Gasteiger partial charge in [0.15, 0.2) is 11.6 Å². The average Bonchev–Trinajstić information content (AvgIpc) is 2.45. The van der Waals surface area contributed by atoms with Crippen LogP contribution in [0.4, 0.5) is 5.69 Å². The van der Waals surface area contributed by atoms with Crippen molar-refractivity contribution < 1.29 is 24.2 Å². The Balaban J connectivity index is 2.40. The average molecular weight is 320 g/mol. The molecule has 1 aromatic rings. The minimum absolute atomic E-state index is 0.0131. The second-order valence-electron chi connectivity index (χ2n) is 6.47. The van der Waals surface area contributed by atoms with Crippen LogP contribution in [0.5, 0.6) is 5.75 Å². The molecule has 2 rings (SSSR count). The number of aldehydes is 1. The third-order valence-corrected chi connectivity index (χ3v) is 3.78. The van der Waals surface area contributed by atoms with Crippen molar-refractivity contribution in [1.29, 1.82) is 0 Å². The summed E-state index contributed by atoms with van der Waals surface area (Å²) in [4.78, 5) is 35.6. The number of anilines is 1. The third kappa shape index (κ3) is 3.25. The molecule has 0 saturated heterocycles. The van der Waals surface area contributed by atoms with Crippen LogP contribution in [0.3, 0.4) is 0 Å². The Morgan fingerprint density at radius 1 is 1.48 bits per heavy atom. The summed E-state index contributed by atoms with van der Waals surface area (Å²) in [6, 6.07) is 2.95. The predicted octanol–water partition coefficient (Wildman–Crippen LogP) is 0.474. The van der Waals surface area contributed by atoms with Gasteiger partial charge >= 0.3 is 0 Å². The van der Waals surface area contributed by atoms with Crippen LogP contribution in [0.1, 0.15) is 47.4 Å². The fraction of sp³-hybridized carbons (Fsp3) is 0.438. The first-order valence-electron chi connectivity index (χ1n) is 7.16. The molecule has 1 aliphatic heterocycles. The molecule has 124 valence electrons. The lowest BCUT2D eigenvalue weighted by molar-refractivity contribution is -0.113. The van der Waals surface area contributed by atoms with Gasteiger partial charge in [-0.25, -0.2) is 0 Å². The van der Waals surface area contributed by atoms with E-state index >= 15 is 0 Å². The number of hydrogen-bond donors (Lipinski definition) is 3. The van der Waals surface area contributed by atoms with Gasteiger partial charge in [0.2, 0.25) is 0 Å². The summed E-state index contributed by atoms with van der Waals surface area (Å²) in [6.07, 6.45) is 0.0699. The van der Waals surface area contributed by atoms with Gasteiger partial charge in [-0.05, 0) is 26.0 Å². The normalized spacial score (nSPS) is 18.5. The van der Waals surface area contributed by atoms with Crippen molar-refractivity contribution in [2.45, 2.75) is 37.8 Å². The van der Waals surface area contributed by atoms with Gasteiger partial charge in [-0.3, -0.25) is 9.59 Å². The van der Waals surface area contributed by atoms with Crippen molar-refractivity contribution in [1.82, 2.24) is 0 Å². The summed E-state index contributed by atoms with van der Waals surface area (Å²) in [5.74, 6) is -0.400. The summed E-state index contributed by atoms with van der Waals surface area (Å²) in [5.41, 5.74) is 9.56. The first-order valence-corrected chi connectivity index (χ1v) is 7.16. The molecular formula is C16H20N2O5. The number of benzene rings is 1. The molecular weight excluding hydrogens is 300 g/mol. The first-order chi connectivity index (χ1) is 10.6. The molecule has 1 atom stereocenters. The maximum atomic E-state index is 12.3. The molecule has 7 heteroatoms. The van der Waals surface area contributed by atoms with Crippen molar-refractivity contribution in [3.63, 3.8) is 0 Å². The van der Waals surface area contributed by atoms with Gasteiger partial charge in [-0.1, -0.05) is 0 Å². The summed E-state index contributed by atoms with van der Waals surface area (Å²) < 4.78 is 5.72. The summed E-state index contributed by atoms with van der Waals surface area (Å²) in [6.45, 7) is 2.91. The second-order valence-corrected chi connectivity index (χ2v) is 6.47. The highest BCUT2D eigenvalue weighted by atomic mass is 16.5. The number of nitrogens with two attached hydrogens (primary N) is 2. The Morgan fingerprint density at radius 3 is 2.70 bits per heavy atom. The van der Waals surface area contributed by atoms with Crippen molar-refractivity contribution in [2.24, 2.45) is 5.73 Å². The number of ether oxygens (including phenoxy) is 1. The van der Waals surface area contributed by atoms with Crippen LogP contribution in [0.15, 0.2) is 12.1 Å². The molecule has 0 bridgehead atoms. The Morgan fingerprint density at radius 2 is 2.13 bits per heavy atom. The van der Waals surface area contributed by atoms with Gasteiger partial charge in [0.1, 0.15) is 23.2 Å². The van der Waals surface area contributed by atoms with E-state index in [-0.39, 0.29) is 29.0 Å². The molecule has 23 heavy (non-hydrogen) atoms. The van der Waals surface area contributed by atoms with Gasteiger partial charge in [-0.15, -0.1) is 0 Å². The molecule has 1 aromatic carbocycles. The van der Waals surface area contributed by atoms with Crippen LogP contribution < -0.4 is 16.2 Å². The van der Waals surface area contributed by atoms with E-state index in [9.17, 15) is 14.4 Å². The zero-order chi connectivity index (χ0) is 17.4. The standard InChI is InChI=1S/C16H20N2O5/c1-15(2)5-11(22)13-12(23-15)4-3-9(14(13)17)10(21)6-16(18,7-19)8-20/h3-4,7,20H,5-6,8,17-18H2,1-2H3. The Hall–Kier alpha value is -2.25. The molecule has 7 nitrogen and oxygen atoms in total. The van der Waals surface area contributed by atoms with E-state index in [4.69, 9.17) is 21.3 Å². The number of nitrogen functional groups attached to an aromatic ring is 1. The second kappa shape index (κ2) is 5.75. The van der Waals surface area contributed by atoms with Crippen LogP contribution in [0.2, 0.25) is 0 Å². The number of aliphatic hydroxyl groups is 1. The van der Waals surface area contributed by atoms with E-state index in [1.54, 1.807) is 13.8 Å². The molecule has 0 fully saturated rings. The minimum Gasteiger partial charge on any atom is -0.487 e. The number of carbonyl (C=O) groups is 3. The lowest BCUT2D eigenvalue weighted by Crippen LogP contribution is -2.47. The van der Waals surface area contributed by atoms with Crippen molar-refractivity contribution >= 4 is 23.5 Å². The highest BCUT2D eigenvalue weighted by molar-refractivity contribution is 6.11. The van der Waals surface area contributed by atoms with Crippen molar-refractivity contribution in [2.75, 3.05) is 12.3 Å². The minimum atomic E-state index is -1.66. The highest BCUT2D eigenvalue weighted by Gasteiger charge is 2.36. The van der Waals surface area contributed by atoms with Crippen LogP contribution in [-0.4, -0.2) is 40.7 Å². The Kier molecular flexibility index (Phi) is 4.28. The Labute approximate surface area is 133 Å². The number of aliphatic hydroxyl groups excluding tert-OH is 1. The maximum absolute atomic E-state index is 12.3. The fourth-order valence-corrected chi connectivity index (χ4v) is 2.55. The van der Waals surface area contributed by atoms with Gasteiger partial charge in [0, 0.05) is 12.0 Å². The molecule has 1 heterocycles. The number of hydrogen-bond acceptors (Lipinski definition) is 7. The summed E-state index contributed by atoms with van der Waals surface area (Å²) >= 11 is 0. The first kappa shape index (κ1) is 17.1. The molecule has 0 aliphatic carbocycles. The van der Waals surface area contributed by atoms with Crippen LogP contribution in [0, 0.1) is 0 Å². The van der Waals surface area contributed by atoms with Gasteiger partial charge in [0.05, 0.1) is 24.3 Å². The highest BCUT2D eigenvalue weighted by Crippen LogP contribution is 2.38.